The van der Waals surface area contributed by atoms with Crippen LogP contribution in [0.15, 0.2) is 17.4 Å². The number of halogens is 3. The molecule has 63 heavy (non-hydrogen) atoms. The molecule has 0 spiro atoms. The fourth-order valence-corrected chi connectivity index (χ4v) is 6.00. The number of aliphatic carboxylic acids is 4. The van der Waals surface area contributed by atoms with E-state index in [4.69, 9.17) is 76.2 Å². The summed E-state index contributed by atoms with van der Waals surface area (Å²) in [6.45, 7) is 4.30. The van der Waals surface area contributed by atoms with Gasteiger partial charge in [0.1, 0.15) is 47.2 Å². The van der Waals surface area contributed by atoms with Crippen LogP contribution in [0.25, 0.3) is 0 Å². The number of ketones is 1. The number of carboxylic acids is 4. The standard InChI is InChI=1S/C17H24ClN5O7S.C11H18N2O6S.C7H8Cl2N2O/c1-2-30-7-9-5-21-17(18)23-15(9)31-8-11(14(27)20-6-13(25)26)22-12(24)4-3-10(19)16(28)29;12-8(11(18)19)2-1-7(14)3-6(5-20)10(17)13-4-9(15)16;1-2-12-4-5-3-10-7(9)11-6(5)8/h5,10-11H,2-4,6-8,19H2,1H3,(H,20,27)(H,22,24)(H,25,26)(H,28,29);6,8,20H,1-5,12H2,(H,13,17)(H,15,16)(H,18,19);3H,2,4H2,1H3/t10-,11-;6-,8-;/m00./s1. The van der Waals surface area contributed by atoms with Crippen molar-refractivity contribution in [2.45, 2.75) is 82.3 Å². The lowest BCUT2D eigenvalue weighted by atomic mass is 9.99. The molecule has 0 aliphatic rings. The fourth-order valence-electron chi connectivity index (χ4n) is 4.15. The zero-order valence-corrected chi connectivity index (χ0v) is 37.9. The molecule has 0 aliphatic carbocycles. The Morgan fingerprint density at radius 2 is 1.25 bits per heavy atom. The van der Waals surface area contributed by atoms with E-state index in [0.29, 0.717) is 35.6 Å². The minimum absolute atomic E-state index is 0.00531. The molecule has 23 nitrogen and oxygen atoms in total. The molecule has 0 fully saturated rings. The second kappa shape index (κ2) is 33.1. The molecule has 2 aromatic rings. The number of Topliss-reactive ketones (excluding diaryl/α,β-unsaturated/α-hetero) is 1. The number of rotatable bonds is 27. The van der Waals surface area contributed by atoms with E-state index in [0.717, 1.165) is 17.3 Å². The summed E-state index contributed by atoms with van der Waals surface area (Å²) in [5, 5.41) is 42.3. The van der Waals surface area contributed by atoms with Crippen LogP contribution in [0.3, 0.4) is 0 Å². The molecule has 2 rings (SSSR count). The van der Waals surface area contributed by atoms with Gasteiger partial charge in [-0.1, -0.05) is 11.6 Å². The summed E-state index contributed by atoms with van der Waals surface area (Å²) in [6, 6.07) is -3.45. The molecule has 2 heterocycles. The third-order valence-electron chi connectivity index (χ3n) is 7.48. The van der Waals surface area contributed by atoms with Crippen LogP contribution in [0.5, 0.6) is 0 Å². The van der Waals surface area contributed by atoms with Crippen molar-refractivity contribution in [1.82, 2.24) is 35.9 Å². The number of carbonyl (C=O) groups is 8. The van der Waals surface area contributed by atoms with Gasteiger partial charge in [-0.15, -0.1) is 11.8 Å². The molecule has 0 radical (unpaired) electrons. The van der Waals surface area contributed by atoms with Crippen molar-refractivity contribution in [2.24, 2.45) is 17.4 Å². The Morgan fingerprint density at radius 3 is 1.75 bits per heavy atom. The topological polar surface area (TPSA) is 376 Å². The van der Waals surface area contributed by atoms with E-state index in [2.05, 4.69) is 48.5 Å². The largest absolute Gasteiger partial charge is 0.480 e. The molecule has 2 aromatic heterocycles. The Labute approximate surface area is 385 Å². The van der Waals surface area contributed by atoms with Crippen LogP contribution < -0.4 is 27.4 Å². The lowest BCUT2D eigenvalue weighted by Crippen LogP contribution is -2.49. The zero-order valence-electron chi connectivity index (χ0n) is 34.0. The lowest BCUT2D eigenvalue weighted by Gasteiger charge is -2.18. The number of hydrogen-bond donors (Lipinski definition) is 10. The Morgan fingerprint density at radius 1 is 0.762 bits per heavy atom. The van der Waals surface area contributed by atoms with Gasteiger partial charge in [-0.3, -0.25) is 38.4 Å². The van der Waals surface area contributed by atoms with Crippen molar-refractivity contribution in [1.29, 1.82) is 0 Å². The number of amides is 3. The Balaban J connectivity index is 0.00000102. The zero-order chi connectivity index (χ0) is 48.1. The number of aromatic nitrogens is 4. The third kappa shape index (κ3) is 27.4. The van der Waals surface area contributed by atoms with Crippen molar-refractivity contribution < 1.29 is 68.3 Å². The van der Waals surface area contributed by atoms with Crippen LogP contribution >= 0.6 is 59.2 Å². The van der Waals surface area contributed by atoms with E-state index in [9.17, 15) is 38.4 Å². The normalized spacial score (nSPS) is 12.4. The molecule has 0 aliphatic heterocycles. The van der Waals surface area contributed by atoms with Gasteiger partial charge in [-0.25, -0.2) is 19.9 Å². The van der Waals surface area contributed by atoms with Crippen molar-refractivity contribution >= 4 is 107 Å². The Hall–Kier alpha value is -4.47. The molecule has 0 saturated heterocycles. The number of thiol groups is 1. The van der Waals surface area contributed by atoms with E-state index in [1.54, 1.807) is 6.20 Å². The van der Waals surface area contributed by atoms with Gasteiger partial charge in [0.15, 0.2) is 0 Å². The highest BCUT2D eigenvalue weighted by molar-refractivity contribution is 7.99. The Bertz CT molecular complexity index is 1840. The second-order valence-electron chi connectivity index (χ2n) is 12.4. The van der Waals surface area contributed by atoms with E-state index in [-0.39, 0.29) is 66.6 Å². The number of nitrogens with zero attached hydrogens (tertiary/aromatic N) is 4. The number of hydrogen-bond acceptors (Lipinski definition) is 18. The minimum atomic E-state index is -1.25. The predicted molar refractivity (Wildman–Crippen MR) is 230 cm³/mol. The maximum absolute atomic E-state index is 12.4. The van der Waals surface area contributed by atoms with Gasteiger partial charge in [0.25, 0.3) is 0 Å². The highest BCUT2D eigenvalue weighted by Gasteiger charge is 2.25. The van der Waals surface area contributed by atoms with Gasteiger partial charge in [0, 0.05) is 67.5 Å². The first-order chi connectivity index (χ1) is 29.6. The molecular weight excluding hydrogens is 941 g/mol. The van der Waals surface area contributed by atoms with Crippen molar-refractivity contribution in [3.05, 3.63) is 39.2 Å². The first kappa shape index (κ1) is 58.5. The van der Waals surface area contributed by atoms with E-state index >= 15 is 0 Å². The average molecular weight is 991 g/mol. The summed E-state index contributed by atoms with van der Waals surface area (Å²) in [5.41, 5.74) is 12.0. The van der Waals surface area contributed by atoms with Crippen LogP contribution in [-0.4, -0.2) is 144 Å². The molecule has 3 amide bonds. The highest BCUT2D eigenvalue weighted by Crippen LogP contribution is 2.23. The van der Waals surface area contributed by atoms with Crippen LogP contribution in [0, 0.1) is 5.92 Å². The minimum Gasteiger partial charge on any atom is -0.480 e. The van der Waals surface area contributed by atoms with Gasteiger partial charge >= 0.3 is 23.9 Å². The van der Waals surface area contributed by atoms with Crippen LogP contribution in [0.2, 0.25) is 15.7 Å². The molecule has 28 heteroatoms. The molecule has 0 aromatic carbocycles. The fraction of sp³-hybridized carbons (Fsp3) is 0.543. The van der Waals surface area contributed by atoms with Crippen LogP contribution in [0.4, 0.5) is 0 Å². The van der Waals surface area contributed by atoms with Crippen molar-refractivity contribution in [3.8, 4) is 0 Å². The van der Waals surface area contributed by atoms with Crippen molar-refractivity contribution in [3.63, 3.8) is 0 Å². The molecule has 0 saturated carbocycles. The number of nitrogens with two attached hydrogens (primary N) is 2. The maximum Gasteiger partial charge on any atom is 0.322 e. The second-order valence-corrected chi connectivity index (χ2v) is 14.9. The summed E-state index contributed by atoms with van der Waals surface area (Å²) in [6.07, 6.45) is 2.51. The monoisotopic (exact) mass is 989 g/mol. The number of carbonyl (C=O) groups excluding carboxylic acids is 4. The van der Waals surface area contributed by atoms with Gasteiger partial charge in [-0.05, 0) is 49.9 Å². The number of thioether (sulfide) groups is 1. The lowest BCUT2D eigenvalue weighted by molar-refractivity contribution is -0.140. The summed E-state index contributed by atoms with van der Waals surface area (Å²) < 4.78 is 10.5. The molecule has 0 bridgehead atoms. The average Bonchev–Trinajstić information content (AvgIpc) is 3.23. The third-order valence-corrected chi connectivity index (χ3v) is 9.74. The Kier molecular flexibility index (Phi) is 30.7. The summed E-state index contributed by atoms with van der Waals surface area (Å²) >= 11 is 22.1. The molecule has 4 atom stereocenters. The van der Waals surface area contributed by atoms with Crippen LogP contribution in [0.1, 0.15) is 57.1 Å². The van der Waals surface area contributed by atoms with E-state index < -0.39 is 78.7 Å². The van der Waals surface area contributed by atoms with Gasteiger partial charge in [0.2, 0.25) is 28.3 Å². The highest BCUT2D eigenvalue weighted by atomic mass is 35.5. The molecule has 11 N–H and O–H groups in total. The smallest absolute Gasteiger partial charge is 0.322 e. The van der Waals surface area contributed by atoms with Crippen molar-refractivity contribution in [2.75, 3.05) is 37.8 Å². The van der Waals surface area contributed by atoms with Crippen LogP contribution in [-0.2, 0) is 61.0 Å². The quantitative estimate of drug-likeness (QED) is 0.0257. The van der Waals surface area contributed by atoms with E-state index in [1.807, 2.05) is 13.8 Å². The summed E-state index contributed by atoms with van der Waals surface area (Å²) in [7, 11) is 0. The first-order valence-corrected chi connectivity index (χ1v) is 21.2. The van der Waals surface area contributed by atoms with E-state index in [1.165, 1.54) is 6.20 Å². The SMILES string of the molecule is CCOCc1cnc(Cl)nc1Cl.CCOCc1cnc(Cl)nc1SC[C@H](NC(=O)CC[C@H](N)C(=O)O)C(=O)NCC(=O)O.N[C@@H](CCC(=O)C[C@@H](CS)C(=O)NCC(=O)O)C(=O)O. The summed E-state index contributed by atoms with van der Waals surface area (Å²) in [4.78, 5) is 106. The summed E-state index contributed by atoms with van der Waals surface area (Å²) in [5.74, 6) is -7.76. The number of ether oxygens (including phenoxy) is 2. The molecule has 0 unspecified atom stereocenters. The van der Waals surface area contributed by atoms with Gasteiger partial charge in [0.05, 0.1) is 19.1 Å². The number of nitrogens with one attached hydrogen (secondary N) is 3. The number of carboxylic acid groups (broad SMARTS) is 4. The van der Waals surface area contributed by atoms with Gasteiger partial charge < -0.3 is 57.3 Å². The molecular formula is C35H50Cl3N9O14S2. The maximum atomic E-state index is 12.4. The molecule has 352 valence electrons. The first-order valence-electron chi connectivity index (χ1n) is 18.5. The predicted octanol–water partition coefficient (Wildman–Crippen LogP) is 0.841. The van der Waals surface area contributed by atoms with Gasteiger partial charge in [-0.2, -0.15) is 12.6 Å².